The van der Waals surface area contributed by atoms with Crippen molar-refractivity contribution in [3.63, 3.8) is 0 Å². The van der Waals surface area contributed by atoms with Crippen LogP contribution in [0.5, 0.6) is 11.5 Å². The first-order valence-electron chi connectivity index (χ1n) is 11.5. The first kappa shape index (κ1) is 25.7. The van der Waals surface area contributed by atoms with E-state index >= 15 is 0 Å². The van der Waals surface area contributed by atoms with Gasteiger partial charge < -0.3 is 18.9 Å². The molecular formula is C27H38O5. The Balaban J connectivity index is 2.09. The van der Waals surface area contributed by atoms with Gasteiger partial charge in [0.2, 0.25) is 0 Å². The molecule has 32 heavy (non-hydrogen) atoms. The number of rotatable bonds is 14. The number of esters is 1. The number of fused-ring (bicyclic) bond motifs is 1. The molecule has 0 heterocycles. The van der Waals surface area contributed by atoms with Gasteiger partial charge in [0.1, 0.15) is 18.1 Å². The largest absolute Gasteiger partial charge is 0.496 e. The van der Waals surface area contributed by atoms with Crippen LogP contribution in [0, 0.1) is 12.8 Å². The van der Waals surface area contributed by atoms with E-state index in [0.29, 0.717) is 18.1 Å². The van der Waals surface area contributed by atoms with E-state index in [4.69, 9.17) is 18.9 Å². The van der Waals surface area contributed by atoms with Crippen LogP contribution >= 0.6 is 0 Å². The summed E-state index contributed by atoms with van der Waals surface area (Å²) in [7, 11) is 1.66. The number of hydrogen-bond acceptors (Lipinski definition) is 5. The van der Waals surface area contributed by atoms with Gasteiger partial charge in [0.25, 0.3) is 0 Å². The lowest BCUT2D eigenvalue weighted by atomic mass is 9.98. The summed E-state index contributed by atoms with van der Waals surface area (Å²) in [4.78, 5) is 12.2. The minimum Gasteiger partial charge on any atom is -0.496 e. The van der Waals surface area contributed by atoms with Gasteiger partial charge in [-0.2, -0.15) is 0 Å². The van der Waals surface area contributed by atoms with Gasteiger partial charge in [-0.25, -0.2) is 4.79 Å². The van der Waals surface area contributed by atoms with Crippen molar-refractivity contribution >= 4 is 16.7 Å². The molecule has 0 N–H and O–H groups in total. The molecule has 2 atom stereocenters. The second-order valence-electron chi connectivity index (χ2n) is 8.32. The van der Waals surface area contributed by atoms with Gasteiger partial charge in [0.05, 0.1) is 13.7 Å². The summed E-state index contributed by atoms with van der Waals surface area (Å²) in [6.45, 7) is 12.8. The summed E-state index contributed by atoms with van der Waals surface area (Å²) < 4.78 is 23.2. The lowest BCUT2D eigenvalue weighted by Crippen LogP contribution is -2.30. The van der Waals surface area contributed by atoms with E-state index in [1.165, 1.54) is 12.8 Å². The van der Waals surface area contributed by atoms with Crippen LogP contribution in [0.4, 0.5) is 0 Å². The molecule has 0 aliphatic rings. The number of aryl methyl sites for hydroxylation is 1. The first-order valence-corrected chi connectivity index (χ1v) is 11.5. The van der Waals surface area contributed by atoms with E-state index in [0.717, 1.165) is 40.7 Å². The SMILES string of the molecule is C=C(C)C(=O)OC(COCCC(CC)CCC)COc1c(C)cc(OC)c2ccccc12. The highest BCUT2D eigenvalue weighted by atomic mass is 16.6. The fourth-order valence-corrected chi connectivity index (χ4v) is 3.78. The monoisotopic (exact) mass is 442 g/mol. The molecule has 5 nitrogen and oxygen atoms in total. The third-order valence-electron chi connectivity index (χ3n) is 5.65. The maximum Gasteiger partial charge on any atom is 0.333 e. The summed E-state index contributed by atoms with van der Waals surface area (Å²) in [6.07, 6.45) is 4.03. The fourth-order valence-electron chi connectivity index (χ4n) is 3.78. The number of hydrogen-bond donors (Lipinski definition) is 0. The zero-order valence-electron chi connectivity index (χ0n) is 20.2. The Bertz CT molecular complexity index is 889. The molecule has 176 valence electrons. The van der Waals surface area contributed by atoms with Crippen LogP contribution in [0.25, 0.3) is 10.8 Å². The summed E-state index contributed by atoms with van der Waals surface area (Å²) >= 11 is 0. The minimum absolute atomic E-state index is 0.197. The summed E-state index contributed by atoms with van der Waals surface area (Å²) in [5.74, 6) is 1.79. The van der Waals surface area contributed by atoms with Gasteiger partial charge in [-0.05, 0) is 37.8 Å². The predicted octanol–water partition coefficient (Wildman–Crippen LogP) is 6.26. The molecule has 0 bridgehead atoms. The van der Waals surface area contributed by atoms with E-state index < -0.39 is 12.1 Å². The van der Waals surface area contributed by atoms with E-state index in [2.05, 4.69) is 20.4 Å². The van der Waals surface area contributed by atoms with Crippen molar-refractivity contribution in [2.24, 2.45) is 5.92 Å². The molecule has 0 spiro atoms. The molecule has 0 radical (unpaired) electrons. The van der Waals surface area contributed by atoms with Crippen molar-refractivity contribution in [2.75, 3.05) is 26.9 Å². The Kier molecular flexibility index (Phi) is 10.5. The summed E-state index contributed by atoms with van der Waals surface area (Å²) in [5.41, 5.74) is 1.31. The lowest BCUT2D eigenvalue weighted by Gasteiger charge is -2.21. The Morgan fingerprint density at radius 1 is 1.09 bits per heavy atom. The fraction of sp³-hybridized carbons (Fsp3) is 0.519. The van der Waals surface area contributed by atoms with Crippen LogP contribution in [0.15, 0.2) is 42.5 Å². The molecule has 2 aromatic rings. The summed E-state index contributed by atoms with van der Waals surface area (Å²) in [5, 5.41) is 1.93. The highest BCUT2D eigenvalue weighted by molar-refractivity contribution is 5.94. The van der Waals surface area contributed by atoms with Gasteiger partial charge in [-0.1, -0.05) is 64.0 Å². The van der Waals surface area contributed by atoms with Crippen molar-refractivity contribution in [1.82, 2.24) is 0 Å². The number of ether oxygens (including phenoxy) is 4. The molecule has 0 saturated heterocycles. The van der Waals surface area contributed by atoms with E-state index in [-0.39, 0.29) is 13.2 Å². The molecule has 0 aromatic heterocycles. The van der Waals surface area contributed by atoms with Crippen LogP contribution in [0.1, 0.15) is 52.0 Å². The Morgan fingerprint density at radius 2 is 1.81 bits per heavy atom. The van der Waals surface area contributed by atoms with Crippen molar-refractivity contribution in [2.45, 2.75) is 59.5 Å². The van der Waals surface area contributed by atoms with Crippen LogP contribution in [0.2, 0.25) is 0 Å². The molecular weight excluding hydrogens is 404 g/mol. The Labute approximate surface area is 192 Å². The van der Waals surface area contributed by atoms with Crippen molar-refractivity contribution in [3.05, 3.63) is 48.0 Å². The van der Waals surface area contributed by atoms with Crippen LogP contribution in [-0.4, -0.2) is 39.0 Å². The first-order chi connectivity index (χ1) is 15.4. The Hall–Kier alpha value is -2.53. The van der Waals surface area contributed by atoms with Gasteiger partial charge in [-0.15, -0.1) is 0 Å². The van der Waals surface area contributed by atoms with Crippen molar-refractivity contribution in [1.29, 1.82) is 0 Å². The average molecular weight is 443 g/mol. The second-order valence-corrected chi connectivity index (χ2v) is 8.32. The van der Waals surface area contributed by atoms with Gasteiger partial charge in [0, 0.05) is 23.0 Å². The maximum absolute atomic E-state index is 12.2. The van der Waals surface area contributed by atoms with Crippen molar-refractivity contribution in [3.8, 4) is 11.5 Å². The number of carbonyl (C=O) groups excluding carboxylic acids is 1. The van der Waals surface area contributed by atoms with E-state index in [9.17, 15) is 4.79 Å². The minimum atomic E-state index is -0.522. The molecule has 2 aromatic carbocycles. The number of benzene rings is 2. The molecule has 0 amide bonds. The average Bonchev–Trinajstić information content (AvgIpc) is 2.79. The second kappa shape index (κ2) is 13.1. The van der Waals surface area contributed by atoms with Gasteiger partial charge >= 0.3 is 5.97 Å². The molecule has 0 aliphatic heterocycles. The van der Waals surface area contributed by atoms with E-state index in [1.807, 2.05) is 37.3 Å². The highest BCUT2D eigenvalue weighted by Crippen LogP contribution is 2.36. The van der Waals surface area contributed by atoms with Gasteiger partial charge in [-0.3, -0.25) is 0 Å². The molecule has 2 rings (SSSR count). The Morgan fingerprint density at radius 3 is 2.44 bits per heavy atom. The van der Waals surface area contributed by atoms with Crippen LogP contribution < -0.4 is 9.47 Å². The molecule has 2 unspecified atom stereocenters. The zero-order chi connectivity index (χ0) is 23.5. The predicted molar refractivity (Wildman–Crippen MR) is 130 cm³/mol. The van der Waals surface area contributed by atoms with E-state index in [1.54, 1.807) is 14.0 Å². The normalized spacial score (nSPS) is 12.9. The maximum atomic E-state index is 12.2. The standard InChI is InChI=1S/C27H38O5/c1-7-11-21(8-2)14-15-30-17-22(32-27(28)19(3)4)18-31-26-20(5)16-25(29-6)23-12-9-10-13-24(23)26/h9-10,12-13,16,21-22H,3,7-8,11,14-15,17-18H2,1-2,4-6H3. The number of methoxy groups -OCH3 is 1. The smallest absolute Gasteiger partial charge is 0.333 e. The topological polar surface area (TPSA) is 54.0 Å². The molecule has 0 fully saturated rings. The van der Waals surface area contributed by atoms with Crippen molar-refractivity contribution < 1.29 is 23.7 Å². The third-order valence-corrected chi connectivity index (χ3v) is 5.65. The molecule has 0 aliphatic carbocycles. The third kappa shape index (κ3) is 7.27. The van der Waals surface area contributed by atoms with Crippen LogP contribution in [-0.2, 0) is 14.3 Å². The highest BCUT2D eigenvalue weighted by Gasteiger charge is 2.19. The number of carbonyl (C=O) groups is 1. The molecule has 5 heteroatoms. The lowest BCUT2D eigenvalue weighted by molar-refractivity contribution is -0.149. The summed E-state index contributed by atoms with van der Waals surface area (Å²) in [6, 6.07) is 9.90. The van der Waals surface area contributed by atoms with Gasteiger partial charge in [0.15, 0.2) is 6.10 Å². The molecule has 0 saturated carbocycles. The zero-order valence-corrected chi connectivity index (χ0v) is 20.2. The van der Waals surface area contributed by atoms with Crippen LogP contribution in [0.3, 0.4) is 0 Å². The quantitative estimate of drug-likeness (QED) is 0.196.